The minimum absolute atomic E-state index is 0.174. The molecule has 0 radical (unpaired) electrons. The summed E-state index contributed by atoms with van der Waals surface area (Å²) in [7, 11) is 1.35. The van der Waals surface area contributed by atoms with Crippen molar-refractivity contribution in [3.8, 4) is 0 Å². The number of carbonyl (C=O) groups is 1. The minimum atomic E-state index is -0.563. The SMILES string of the molecule is CON=C(C)C(N)=O. The molecule has 0 saturated heterocycles. The predicted octanol–water partition coefficient (Wildman–Crippen LogP) is -0.506. The number of hydrogen-bond acceptors (Lipinski definition) is 3. The van der Waals surface area contributed by atoms with E-state index in [9.17, 15) is 4.79 Å². The number of primary amides is 1. The van der Waals surface area contributed by atoms with Gasteiger partial charge in [-0.2, -0.15) is 0 Å². The molecule has 0 atom stereocenters. The summed E-state index contributed by atoms with van der Waals surface area (Å²) in [6.07, 6.45) is 0. The molecule has 0 heterocycles. The Labute approximate surface area is 47.3 Å². The van der Waals surface area contributed by atoms with Crippen LogP contribution in [0.3, 0.4) is 0 Å². The molecular formula is C4H8N2O2. The van der Waals surface area contributed by atoms with Gasteiger partial charge in [-0.15, -0.1) is 0 Å². The van der Waals surface area contributed by atoms with Crippen LogP contribution in [0.5, 0.6) is 0 Å². The smallest absolute Gasteiger partial charge is 0.266 e. The topological polar surface area (TPSA) is 64.7 Å². The Hall–Kier alpha value is -1.06. The average Bonchev–Trinajstić information content (AvgIpc) is 1.67. The summed E-state index contributed by atoms with van der Waals surface area (Å²) in [6, 6.07) is 0. The fourth-order valence-corrected chi connectivity index (χ4v) is 0.182. The summed E-state index contributed by atoms with van der Waals surface area (Å²) >= 11 is 0. The average molecular weight is 116 g/mol. The van der Waals surface area contributed by atoms with E-state index in [0.29, 0.717) is 0 Å². The quantitative estimate of drug-likeness (QED) is 0.390. The molecule has 2 N–H and O–H groups in total. The van der Waals surface area contributed by atoms with Gasteiger partial charge in [0.1, 0.15) is 12.8 Å². The lowest BCUT2D eigenvalue weighted by atomic mass is 10.4. The van der Waals surface area contributed by atoms with Gasteiger partial charge >= 0.3 is 0 Å². The van der Waals surface area contributed by atoms with Gasteiger partial charge in [-0.3, -0.25) is 4.79 Å². The Morgan fingerprint density at radius 3 is 2.38 bits per heavy atom. The summed E-state index contributed by atoms with van der Waals surface area (Å²) in [6.45, 7) is 1.48. The highest BCUT2D eigenvalue weighted by atomic mass is 16.6. The third kappa shape index (κ3) is 2.17. The van der Waals surface area contributed by atoms with Crippen molar-refractivity contribution in [2.45, 2.75) is 6.92 Å². The molecule has 0 unspecified atom stereocenters. The third-order valence-electron chi connectivity index (χ3n) is 0.585. The maximum atomic E-state index is 10.1. The van der Waals surface area contributed by atoms with Crippen LogP contribution < -0.4 is 5.73 Å². The second kappa shape index (κ2) is 3.01. The van der Waals surface area contributed by atoms with E-state index >= 15 is 0 Å². The van der Waals surface area contributed by atoms with Crippen molar-refractivity contribution in [3.63, 3.8) is 0 Å². The normalized spacial score (nSPS) is 11.0. The second-order valence-electron chi connectivity index (χ2n) is 1.22. The molecular weight excluding hydrogens is 108 g/mol. The lowest BCUT2D eigenvalue weighted by molar-refractivity contribution is -0.112. The first-order valence-electron chi connectivity index (χ1n) is 2.06. The van der Waals surface area contributed by atoms with Gasteiger partial charge in [0.25, 0.3) is 5.91 Å². The second-order valence-corrected chi connectivity index (χ2v) is 1.22. The van der Waals surface area contributed by atoms with Crippen LogP contribution >= 0.6 is 0 Å². The van der Waals surface area contributed by atoms with Crippen LogP contribution in [0.1, 0.15) is 6.92 Å². The van der Waals surface area contributed by atoms with E-state index in [1.54, 1.807) is 0 Å². The van der Waals surface area contributed by atoms with E-state index in [2.05, 4.69) is 9.99 Å². The van der Waals surface area contributed by atoms with Crippen molar-refractivity contribution in [1.82, 2.24) is 0 Å². The molecule has 0 aromatic heterocycles. The van der Waals surface area contributed by atoms with Crippen LogP contribution in [0.25, 0.3) is 0 Å². The number of rotatable bonds is 2. The van der Waals surface area contributed by atoms with Gasteiger partial charge in [0.2, 0.25) is 0 Å². The molecule has 0 saturated carbocycles. The van der Waals surface area contributed by atoms with Gasteiger partial charge in [0.05, 0.1) is 0 Å². The van der Waals surface area contributed by atoms with Crippen LogP contribution in [0.2, 0.25) is 0 Å². The number of carbonyl (C=O) groups excluding carboxylic acids is 1. The number of hydrogen-bond donors (Lipinski definition) is 1. The zero-order valence-electron chi connectivity index (χ0n) is 4.84. The van der Waals surface area contributed by atoms with Crippen molar-refractivity contribution in [2.75, 3.05) is 7.11 Å². The highest BCUT2D eigenvalue weighted by Gasteiger charge is 1.96. The molecule has 0 bridgehead atoms. The molecule has 1 amide bonds. The van der Waals surface area contributed by atoms with Crippen molar-refractivity contribution >= 4 is 11.6 Å². The molecule has 0 aromatic rings. The molecule has 0 aliphatic carbocycles. The minimum Gasteiger partial charge on any atom is -0.399 e. The zero-order chi connectivity index (χ0) is 6.57. The number of amides is 1. The largest absolute Gasteiger partial charge is 0.399 e. The van der Waals surface area contributed by atoms with E-state index in [1.165, 1.54) is 14.0 Å². The number of nitrogens with two attached hydrogens (primary N) is 1. The highest BCUT2D eigenvalue weighted by molar-refractivity contribution is 6.37. The fourth-order valence-electron chi connectivity index (χ4n) is 0.182. The summed E-state index contributed by atoms with van der Waals surface area (Å²) in [5.41, 5.74) is 4.95. The molecule has 0 fully saturated rings. The van der Waals surface area contributed by atoms with Crippen molar-refractivity contribution in [3.05, 3.63) is 0 Å². The van der Waals surface area contributed by atoms with Crippen molar-refractivity contribution in [1.29, 1.82) is 0 Å². The Bertz CT molecular complexity index is 119. The van der Waals surface area contributed by atoms with Crippen molar-refractivity contribution in [2.24, 2.45) is 10.9 Å². The number of oxime groups is 1. The first kappa shape index (κ1) is 6.94. The molecule has 46 valence electrons. The van der Waals surface area contributed by atoms with E-state index < -0.39 is 5.91 Å². The Morgan fingerprint density at radius 1 is 1.75 bits per heavy atom. The van der Waals surface area contributed by atoms with Gasteiger partial charge < -0.3 is 10.6 Å². The molecule has 0 aromatic carbocycles. The first-order valence-corrected chi connectivity index (χ1v) is 2.06. The molecule has 0 rings (SSSR count). The van der Waals surface area contributed by atoms with E-state index in [1.807, 2.05) is 0 Å². The molecule has 0 aliphatic rings. The fraction of sp³-hybridized carbons (Fsp3) is 0.500. The standard InChI is InChI=1S/C4H8N2O2/c1-3(4(5)7)6-8-2/h1-2H3,(H2,5,7). The van der Waals surface area contributed by atoms with Gasteiger partial charge in [0.15, 0.2) is 0 Å². The highest BCUT2D eigenvalue weighted by Crippen LogP contribution is 1.73. The molecule has 4 heteroatoms. The van der Waals surface area contributed by atoms with Gasteiger partial charge in [-0.1, -0.05) is 5.16 Å². The lowest BCUT2D eigenvalue weighted by Crippen LogP contribution is -2.20. The molecule has 8 heavy (non-hydrogen) atoms. The van der Waals surface area contributed by atoms with Gasteiger partial charge in [-0.25, -0.2) is 0 Å². The summed E-state index contributed by atoms with van der Waals surface area (Å²) in [5.74, 6) is -0.563. The van der Waals surface area contributed by atoms with E-state index in [-0.39, 0.29) is 5.71 Å². The van der Waals surface area contributed by atoms with Crippen LogP contribution in [-0.2, 0) is 9.63 Å². The number of nitrogens with zero attached hydrogens (tertiary/aromatic N) is 1. The summed E-state index contributed by atoms with van der Waals surface area (Å²) < 4.78 is 0. The Morgan fingerprint density at radius 2 is 2.25 bits per heavy atom. The van der Waals surface area contributed by atoms with Crippen LogP contribution in [-0.4, -0.2) is 18.7 Å². The third-order valence-corrected chi connectivity index (χ3v) is 0.585. The maximum absolute atomic E-state index is 10.1. The van der Waals surface area contributed by atoms with Crippen LogP contribution in [0, 0.1) is 0 Å². The Balaban J connectivity index is 3.80. The van der Waals surface area contributed by atoms with Crippen LogP contribution in [0.4, 0.5) is 0 Å². The van der Waals surface area contributed by atoms with Gasteiger partial charge in [-0.05, 0) is 6.92 Å². The summed E-state index contributed by atoms with van der Waals surface area (Å²) in [4.78, 5) is 14.4. The predicted molar refractivity (Wildman–Crippen MR) is 29.3 cm³/mol. The molecule has 0 spiro atoms. The lowest BCUT2D eigenvalue weighted by Gasteiger charge is -1.88. The Kier molecular flexibility index (Phi) is 2.61. The molecule has 4 nitrogen and oxygen atoms in total. The first-order chi connectivity index (χ1) is 3.68. The van der Waals surface area contributed by atoms with Crippen molar-refractivity contribution < 1.29 is 9.63 Å². The van der Waals surface area contributed by atoms with Crippen LogP contribution in [0.15, 0.2) is 5.16 Å². The van der Waals surface area contributed by atoms with E-state index in [4.69, 9.17) is 5.73 Å². The summed E-state index contributed by atoms with van der Waals surface area (Å²) in [5, 5.41) is 3.27. The molecule has 0 aliphatic heterocycles. The van der Waals surface area contributed by atoms with Gasteiger partial charge in [0, 0.05) is 0 Å². The van der Waals surface area contributed by atoms with E-state index in [0.717, 1.165) is 0 Å². The zero-order valence-corrected chi connectivity index (χ0v) is 4.84. The monoisotopic (exact) mass is 116 g/mol. The maximum Gasteiger partial charge on any atom is 0.266 e.